The summed E-state index contributed by atoms with van der Waals surface area (Å²) in [5, 5.41) is 2.25. The minimum atomic E-state index is 0.0407. The Morgan fingerprint density at radius 1 is 0.870 bits per heavy atom. The number of carbonyl (C=O) groups is 1. The number of hydrogen-bond acceptors (Lipinski definition) is 1. The van der Waals surface area contributed by atoms with Gasteiger partial charge in [0, 0.05) is 23.3 Å². The number of para-hydroxylation sites is 1. The van der Waals surface area contributed by atoms with E-state index in [4.69, 9.17) is 0 Å². The molecular weight excluding hydrogens is 282 g/mol. The summed E-state index contributed by atoms with van der Waals surface area (Å²) in [6.07, 6.45) is 0. The number of hydrogen-bond donors (Lipinski definition) is 0. The first-order valence-corrected chi connectivity index (χ1v) is 7.77. The Labute approximate surface area is 135 Å². The second kappa shape index (κ2) is 5.10. The van der Waals surface area contributed by atoms with Gasteiger partial charge in [0.1, 0.15) is 0 Å². The molecule has 0 N–H and O–H groups in total. The fraction of sp³-hybridized carbons (Fsp3) is 0.0952. The molecule has 0 spiro atoms. The molecule has 1 heterocycles. The summed E-state index contributed by atoms with van der Waals surface area (Å²) in [5.41, 5.74) is 5.35. The Morgan fingerprint density at radius 2 is 1.65 bits per heavy atom. The van der Waals surface area contributed by atoms with Crippen LogP contribution in [0.1, 0.15) is 17.3 Å². The molecule has 0 aliphatic carbocycles. The lowest BCUT2D eigenvalue weighted by Gasteiger charge is -2.08. The van der Waals surface area contributed by atoms with Crippen molar-refractivity contribution in [3.8, 4) is 11.1 Å². The third kappa shape index (κ3) is 2.07. The quantitative estimate of drug-likeness (QED) is 0.459. The third-order valence-corrected chi connectivity index (χ3v) is 4.34. The third-order valence-electron chi connectivity index (χ3n) is 4.34. The normalized spacial score (nSPS) is 11.2. The van der Waals surface area contributed by atoms with Crippen molar-refractivity contribution < 1.29 is 4.79 Å². The van der Waals surface area contributed by atoms with Crippen LogP contribution in [-0.2, 0) is 0 Å². The maximum atomic E-state index is 12.4. The molecule has 23 heavy (non-hydrogen) atoms. The molecule has 0 bridgehead atoms. The van der Waals surface area contributed by atoms with Crippen molar-refractivity contribution in [1.29, 1.82) is 0 Å². The molecule has 2 heteroatoms. The van der Waals surface area contributed by atoms with Gasteiger partial charge in [-0.3, -0.25) is 9.36 Å². The van der Waals surface area contributed by atoms with Crippen molar-refractivity contribution in [3.05, 3.63) is 72.3 Å². The molecule has 0 fully saturated rings. The highest BCUT2D eigenvalue weighted by atomic mass is 16.1. The van der Waals surface area contributed by atoms with Crippen LogP contribution in [0.2, 0.25) is 0 Å². The highest BCUT2D eigenvalue weighted by Crippen LogP contribution is 2.36. The van der Waals surface area contributed by atoms with Crippen LogP contribution in [0.15, 0.2) is 66.7 Å². The lowest BCUT2D eigenvalue weighted by molar-refractivity contribution is 0.0946. The molecule has 112 valence electrons. The first-order valence-electron chi connectivity index (χ1n) is 7.77. The number of carbonyl (C=O) groups excluding carboxylic acids is 1. The van der Waals surface area contributed by atoms with E-state index in [1.54, 1.807) is 6.92 Å². The van der Waals surface area contributed by atoms with Crippen LogP contribution in [-0.4, -0.2) is 10.5 Å². The molecule has 0 amide bonds. The summed E-state index contributed by atoms with van der Waals surface area (Å²) < 4.78 is 1.85. The van der Waals surface area contributed by atoms with Gasteiger partial charge in [-0.05, 0) is 24.1 Å². The van der Waals surface area contributed by atoms with Crippen LogP contribution in [0, 0.1) is 6.92 Å². The number of rotatable bonds is 1. The van der Waals surface area contributed by atoms with E-state index in [0.717, 1.165) is 38.5 Å². The van der Waals surface area contributed by atoms with Crippen LogP contribution in [0.3, 0.4) is 0 Å². The number of fused-ring (bicyclic) bond motifs is 3. The summed E-state index contributed by atoms with van der Waals surface area (Å²) in [6, 6.07) is 22.8. The highest BCUT2D eigenvalue weighted by Gasteiger charge is 2.17. The van der Waals surface area contributed by atoms with Gasteiger partial charge in [0.2, 0.25) is 5.91 Å². The smallest absolute Gasteiger partial charge is 0.228 e. The number of nitrogens with zero attached hydrogens (tertiary/aromatic N) is 1. The van der Waals surface area contributed by atoms with Gasteiger partial charge < -0.3 is 0 Å². The molecule has 3 aromatic carbocycles. The monoisotopic (exact) mass is 299 g/mol. The zero-order valence-corrected chi connectivity index (χ0v) is 13.2. The van der Waals surface area contributed by atoms with E-state index in [9.17, 15) is 4.79 Å². The van der Waals surface area contributed by atoms with Crippen molar-refractivity contribution in [2.45, 2.75) is 13.8 Å². The number of aromatic nitrogens is 1. The first-order chi connectivity index (χ1) is 11.2. The summed E-state index contributed by atoms with van der Waals surface area (Å²) in [4.78, 5) is 12.4. The largest absolute Gasteiger partial charge is 0.279 e. The molecule has 0 unspecified atom stereocenters. The van der Waals surface area contributed by atoms with Gasteiger partial charge in [-0.25, -0.2) is 0 Å². The predicted octanol–water partition coefficient (Wildman–Crippen LogP) is 5.43. The van der Waals surface area contributed by atoms with Crippen molar-refractivity contribution in [1.82, 2.24) is 4.57 Å². The highest BCUT2D eigenvalue weighted by molar-refractivity contribution is 6.17. The Kier molecular flexibility index (Phi) is 3.05. The lowest BCUT2D eigenvalue weighted by Crippen LogP contribution is -2.05. The van der Waals surface area contributed by atoms with Gasteiger partial charge >= 0.3 is 0 Å². The van der Waals surface area contributed by atoms with Gasteiger partial charge in [0.15, 0.2) is 0 Å². The molecule has 4 rings (SSSR count). The molecule has 0 saturated carbocycles. The Balaban J connectivity index is 2.23. The molecule has 0 saturated heterocycles. The van der Waals surface area contributed by atoms with Crippen LogP contribution in [0.25, 0.3) is 32.9 Å². The van der Waals surface area contributed by atoms with Crippen molar-refractivity contribution in [2.75, 3.05) is 0 Å². The van der Waals surface area contributed by atoms with E-state index in [2.05, 4.69) is 55.5 Å². The van der Waals surface area contributed by atoms with E-state index < -0.39 is 0 Å². The van der Waals surface area contributed by atoms with E-state index in [-0.39, 0.29) is 5.91 Å². The fourth-order valence-electron chi connectivity index (χ4n) is 3.35. The van der Waals surface area contributed by atoms with Crippen LogP contribution >= 0.6 is 0 Å². The Morgan fingerprint density at radius 3 is 2.39 bits per heavy atom. The summed E-state index contributed by atoms with van der Waals surface area (Å²) in [7, 11) is 0. The maximum absolute atomic E-state index is 12.4. The zero-order chi connectivity index (χ0) is 16.0. The topological polar surface area (TPSA) is 22.0 Å². The van der Waals surface area contributed by atoms with Crippen molar-refractivity contribution in [3.63, 3.8) is 0 Å². The molecule has 0 aliphatic heterocycles. The van der Waals surface area contributed by atoms with E-state index in [1.165, 1.54) is 0 Å². The average molecular weight is 299 g/mol. The second-order valence-electron chi connectivity index (χ2n) is 5.94. The van der Waals surface area contributed by atoms with Gasteiger partial charge in [-0.15, -0.1) is 0 Å². The minimum absolute atomic E-state index is 0.0407. The Bertz CT molecular complexity index is 1040. The Hall–Kier alpha value is -2.87. The second-order valence-corrected chi connectivity index (χ2v) is 5.94. The van der Waals surface area contributed by atoms with Crippen LogP contribution in [0.5, 0.6) is 0 Å². The van der Waals surface area contributed by atoms with Crippen LogP contribution < -0.4 is 0 Å². The van der Waals surface area contributed by atoms with E-state index >= 15 is 0 Å². The van der Waals surface area contributed by atoms with E-state index in [1.807, 2.05) is 22.8 Å². The van der Waals surface area contributed by atoms with Gasteiger partial charge in [0.25, 0.3) is 0 Å². The van der Waals surface area contributed by atoms with Gasteiger partial charge in [-0.2, -0.15) is 0 Å². The molecule has 4 aromatic rings. The molecule has 0 atom stereocenters. The van der Waals surface area contributed by atoms with E-state index in [0.29, 0.717) is 0 Å². The molecule has 1 aromatic heterocycles. The summed E-state index contributed by atoms with van der Waals surface area (Å²) >= 11 is 0. The average Bonchev–Trinajstić information content (AvgIpc) is 2.89. The predicted molar refractivity (Wildman–Crippen MR) is 95.9 cm³/mol. The minimum Gasteiger partial charge on any atom is -0.279 e. The zero-order valence-electron chi connectivity index (χ0n) is 13.2. The maximum Gasteiger partial charge on any atom is 0.228 e. The fourth-order valence-corrected chi connectivity index (χ4v) is 3.35. The van der Waals surface area contributed by atoms with Gasteiger partial charge in [-0.1, -0.05) is 60.7 Å². The molecule has 0 aliphatic rings. The summed E-state index contributed by atoms with van der Waals surface area (Å²) in [6.45, 7) is 3.68. The van der Waals surface area contributed by atoms with Gasteiger partial charge in [0.05, 0.1) is 11.0 Å². The first kappa shape index (κ1) is 13.8. The van der Waals surface area contributed by atoms with Crippen molar-refractivity contribution >= 4 is 27.7 Å². The SMILES string of the molecule is CC(=O)n1c2cc(C)ccc2c2cccc(-c3ccccc3)c21. The van der Waals surface area contributed by atoms with Crippen molar-refractivity contribution in [2.24, 2.45) is 0 Å². The molecule has 2 nitrogen and oxygen atoms in total. The standard InChI is InChI=1S/C21H17NO/c1-14-11-12-18-19-10-6-9-17(16-7-4-3-5-8-16)21(19)22(15(2)23)20(18)13-14/h3-13H,1-2H3. The van der Waals surface area contributed by atoms with Crippen LogP contribution in [0.4, 0.5) is 0 Å². The molecular formula is C21H17NO. The summed E-state index contributed by atoms with van der Waals surface area (Å²) in [5.74, 6) is 0.0407. The molecule has 0 radical (unpaired) electrons. The number of aryl methyl sites for hydroxylation is 1. The lowest BCUT2D eigenvalue weighted by atomic mass is 10.0. The number of benzene rings is 3.